The normalized spacial score (nSPS) is 17.8. The van der Waals surface area contributed by atoms with E-state index in [1.807, 2.05) is 31.2 Å². The molecule has 0 radical (unpaired) electrons. The second-order valence-electron chi connectivity index (χ2n) is 6.27. The van der Waals surface area contributed by atoms with Gasteiger partial charge in [-0.2, -0.15) is 0 Å². The molecule has 1 aliphatic heterocycles. The van der Waals surface area contributed by atoms with Crippen LogP contribution in [0.3, 0.4) is 0 Å². The quantitative estimate of drug-likeness (QED) is 0.908. The Morgan fingerprint density at radius 1 is 1.38 bits per heavy atom. The zero-order valence-electron chi connectivity index (χ0n) is 14.1. The number of aromatic amines is 1. The number of nitrogens with zero attached hydrogens (tertiary/aromatic N) is 1. The predicted molar refractivity (Wildman–Crippen MR) is 91.9 cm³/mol. The topological polar surface area (TPSA) is 74.4 Å². The van der Waals surface area contributed by atoms with Crippen molar-refractivity contribution >= 4 is 22.9 Å². The number of carbonyl (C=O) groups is 2. The minimum atomic E-state index is -0.332. The van der Waals surface area contributed by atoms with E-state index in [1.54, 1.807) is 4.90 Å². The first-order chi connectivity index (χ1) is 11.6. The van der Waals surface area contributed by atoms with Crippen molar-refractivity contribution in [2.75, 3.05) is 20.2 Å². The Morgan fingerprint density at radius 2 is 2.17 bits per heavy atom. The molecule has 2 N–H and O–H groups in total. The third-order valence-corrected chi connectivity index (χ3v) is 4.58. The van der Waals surface area contributed by atoms with Gasteiger partial charge in [-0.05, 0) is 31.4 Å². The number of methoxy groups -OCH3 is 1. The van der Waals surface area contributed by atoms with Crippen LogP contribution in [0.4, 0.5) is 4.79 Å². The average Bonchev–Trinajstić information content (AvgIpc) is 2.90. The van der Waals surface area contributed by atoms with Gasteiger partial charge in [-0.15, -0.1) is 0 Å². The number of nitrogens with one attached hydrogen (secondary N) is 2. The number of aromatic nitrogens is 1. The van der Waals surface area contributed by atoms with Crippen molar-refractivity contribution in [2.24, 2.45) is 0 Å². The van der Waals surface area contributed by atoms with Crippen molar-refractivity contribution in [1.29, 1.82) is 0 Å². The lowest BCUT2D eigenvalue weighted by molar-refractivity contribution is -0.121. The summed E-state index contributed by atoms with van der Waals surface area (Å²) in [4.78, 5) is 29.1. The van der Waals surface area contributed by atoms with Crippen molar-refractivity contribution in [1.82, 2.24) is 15.2 Å². The van der Waals surface area contributed by atoms with E-state index >= 15 is 0 Å². The second kappa shape index (κ2) is 6.95. The van der Waals surface area contributed by atoms with E-state index < -0.39 is 0 Å². The summed E-state index contributed by atoms with van der Waals surface area (Å²) < 4.78 is 4.76. The molecule has 3 rings (SSSR count). The number of piperidine rings is 1. The molecule has 1 aromatic heterocycles. The lowest BCUT2D eigenvalue weighted by atomic mass is 10.0. The minimum absolute atomic E-state index is 0.0143. The summed E-state index contributed by atoms with van der Waals surface area (Å²) >= 11 is 0. The summed E-state index contributed by atoms with van der Waals surface area (Å²) in [6, 6.07) is 7.98. The van der Waals surface area contributed by atoms with Gasteiger partial charge in [0.15, 0.2) is 0 Å². The van der Waals surface area contributed by atoms with E-state index in [-0.39, 0.29) is 18.0 Å². The second-order valence-corrected chi connectivity index (χ2v) is 6.27. The number of likely N-dealkylation sites (tertiary alicyclic amines) is 1. The molecule has 0 spiro atoms. The number of H-pyrrole nitrogens is 1. The number of amides is 2. The number of hydrogen-bond donors (Lipinski definition) is 2. The van der Waals surface area contributed by atoms with E-state index in [4.69, 9.17) is 4.74 Å². The summed E-state index contributed by atoms with van der Waals surface area (Å²) in [6.07, 6.45) is 1.75. The summed E-state index contributed by atoms with van der Waals surface area (Å²) in [6.45, 7) is 3.17. The molecule has 1 fully saturated rings. The lowest BCUT2D eigenvalue weighted by Crippen LogP contribution is -2.49. The molecule has 2 heterocycles. The Hall–Kier alpha value is -2.50. The summed E-state index contributed by atoms with van der Waals surface area (Å²) in [5, 5.41) is 4.14. The highest BCUT2D eigenvalue weighted by molar-refractivity contribution is 5.90. The molecule has 1 atom stereocenters. The first kappa shape index (κ1) is 16.4. The summed E-state index contributed by atoms with van der Waals surface area (Å²) in [5.74, 6) is -0.0143. The largest absolute Gasteiger partial charge is 0.453 e. The molecule has 0 saturated carbocycles. The van der Waals surface area contributed by atoms with Crippen LogP contribution in [0.2, 0.25) is 0 Å². The van der Waals surface area contributed by atoms with Crippen molar-refractivity contribution in [2.45, 2.75) is 32.2 Å². The lowest BCUT2D eigenvalue weighted by Gasteiger charge is -2.32. The Kier molecular flexibility index (Phi) is 4.74. The molecular formula is C18H23N3O3. The Balaban J connectivity index is 1.65. The number of rotatable bonds is 3. The molecule has 6 heteroatoms. The van der Waals surface area contributed by atoms with Crippen LogP contribution in [0.25, 0.3) is 10.9 Å². The van der Waals surface area contributed by atoms with Crippen LogP contribution in [-0.4, -0.2) is 48.1 Å². The first-order valence-corrected chi connectivity index (χ1v) is 8.27. The van der Waals surface area contributed by atoms with Crippen molar-refractivity contribution in [3.05, 3.63) is 35.5 Å². The molecular weight excluding hydrogens is 306 g/mol. The number of hydrogen-bond acceptors (Lipinski definition) is 3. The van der Waals surface area contributed by atoms with Crippen molar-refractivity contribution < 1.29 is 14.3 Å². The highest BCUT2D eigenvalue weighted by Gasteiger charge is 2.25. The predicted octanol–water partition coefficient (Wildman–Crippen LogP) is 2.37. The zero-order chi connectivity index (χ0) is 17.1. The Labute approximate surface area is 141 Å². The maximum absolute atomic E-state index is 12.5. The number of carbonyl (C=O) groups excluding carboxylic acids is 2. The summed E-state index contributed by atoms with van der Waals surface area (Å²) in [7, 11) is 1.38. The van der Waals surface area contributed by atoms with Crippen molar-refractivity contribution in [3.63, 3.8) is 0 Å². The molecule has 2 aromatic rings. The number of benzene rings is 1. The van der Waals surface area contributed by atoms with Crippen LogP contribution in [0.1, 0.15) is 24.1 Å². The molecule has 1 saturated heterocycles. The van der Waals surface area contributed by atoms with E-state index in [0.29, 0.717) is 19.5 Å². The van der Waals surface area contributed by atoms with Crippen LogP contribution in [0.5, 0.6) is 0 Å². The monoisotopic (exact) mass is 329 g/mol. The van der Waals surface area contributed by atoms with Crippen LogP contribution >= 0.6 is 0 Å². The van der Waals surface area contributed by atoms with E-state index in [1.165, 1.54) is 7.11 Å². The summed E-state index contributed by atoms with van der Waals surface area (Å²) in [5.41, 5.74) is 3.10. The first-order valence-electron chi connectivity index (χ1n) is 8.27. The van der Waals surface area contributed by atoms with Gasteiger partial charge in [0.05, 0.1) is 13.5 Å². The fraction of sp³-hybridized carbons (Fsp3) is 0.444. The molecule has 6 nitrogen and oxygen atoms in total. The molecule has 1 aromatic carbocycles. The molecule has 2 amide bonds. The number of aryl methyl sites for hydroxylation is 1. The van der Waals surface area contributed by atoms with Gasteiger partial charge in [-0.3, -0.25) is 4.79 Å². The van der Waals surface area contributed by atoms with Gasteiger partial charge in [0, 0.05) is 35.7 Å². The molecule has 24 heavy (non-hydrogen) atoms. The maximum atomic E-state index is 12.5. The zero-order valence-corrected chi connectivity index (χ0v) is 14.1. The molecule has 0 aliphatic carbocycles. The highest BCUT2D eigenvalue weighted by Crippen LogP contribution is 2.22. The average molecular weight is 329 g/mol. The standard InChI is InChI=1S/C18H23N3O3/c1-12-15(14-7-3-4-8-16(14)19-12)10-17(22)20-13-6-5-9-21(11-13)18(23)24-2/h3-4,7-8,13,19H,5-6,9-11H2,1-2H3,(H,20,22). The van der Waals surface area contributed by atoms with E-state index in [2.05, 4.69) is 10.3 Å². The van der Waals surface area contributed by atoms with Gasteiger partial charge in [-0.25, -0.2) is 4.79 Å². The van der Waals surface area contributed by atoms with E-state index in [0.717, 1.165) is 35.0 Å². The van der Waals surface area contributed by atoms with Crippen LogP contribution in [0.15, 0.2) is 24.3 Å². The molecule has 1 unspecified atom stereocenters. The Morgan fingerprint density at radius 3 is 2.96 bits per heavy atom. The number of ether oxygens (including phenoxy) is 1. The molecule has 128 valence electrons. The highest BCUT2D eigenvalue weighted by atomic mass is 16.5. The SMILES string of the molecule is COC(=O)N1CCCC(NC(=O)Cc2c(C)[nH]c3ccccc23)C1. The fourth-order valence-electron chi connectivity index (χ4n) is 3.39. The minimum Gasteiger partial charge on any atom is -0.453 e. The number of fused-ring (bicyclic) bond motifs is 1. The van der Waals surface area contributed by atoms with Gasteiger partial charge in [0.25, 0.3) is 0 Å². The van der Waals surface area contributed by atoms with Crippen LogP contribution in [0, 0.1) is 6.92 Å². The van der Waals surface area contributed by atoms with Gasteiger partial charge in [0.2, 0.25) is 5.91 Å². The van der Waals surface area contributed by atoms with Gasteiger partial charge in [0.1, 0.15) is 0 Å². The van der Waals surface area contributed by atoms with Crippen molar-refractivity contribution in [3.8, 4) is 0 Å². The van der Waals surface area contributed by atoms with Crippen LogP contribution in [-0.2, 0) is 16.0 Å². The van der Waals surface area contributed by atoms with Gasteiger partial charge >= 0.3 is 6.09 Å². The third kappa shape index (κ3) is 3.37. The van der Waals surface area contributed by atoms with E-state index in [9.17, 15) is 9.59 Å². The molecule has 0 bridgehead atoms. The van der Waals surface area contributed by atoms with Crippen LogP contribution < -0.4 is 5.32 Å². The fourth-order valence-corrected chi connectivity index (χ4v) is 3.39. The Bertz CT molecular complexity index is 753. The maximum Gasteiger partial charge on any atom is 0.409 e. The smallest absolute Gasteiger partial charge is 0.409 e. The third-order valence-electron chi connectivity index (χ3n) is 4.58. The van der Waals surface area contributed by atoms with Gasteiger partial charge in [-0.1, -0.05) is 18.2 Å². The molecule has 1 aliphatic rings. The van der Waals surface area contributed by atoms with Gasteiger partial charge < -0.3 is 19.9 Å². The number of para-hydroxylation sites is 1.